The standard InChI is InChI=1S/C20H20F3N3O3S/c21-20(22,23)16-7-3-8-17(13-16)26-30(28,29)18-9-2-6-15(12-18)19(27)25-24-11-10-14-4-1-5-14/h2-3,6-9,11-14,26H,1,4-5,10H2,(H,25,27)/b24-11+. The van der Waals surface area contributed by atoms with E-state index >= 15 is 0 Å². The van der Waals surface area contributed by atoms with Crippen molar-refractivity contribution in [2.24, 2.45) is 11.0 Å². The molecule has 30 heavy (non-hydrogen) atoms. The molecule has 0 aliphatic heterocycles. The van der Waals surface area contributed by atoms with E-state index in [1.54, 1.807) is 6.21 Å². The minimum atomic E-state index is -4.60. The Hall–Kier alpha value is -2.88. The van der Waals surface area contributed by atoms with Crippen molar-refractivity contribution in [3.05, 3.63) is 59.7 Å². The fourth-order valence-electron chi connectivity index (χ4n) is 2.88. The van der Waals surface area contributed by atoms with Crippen LogP contribution in [0.1, 0.15) is 41.6 Å². The second-order valence-corrected chi connectivity index (χ2v) is 8.68. The third kappa shape index (κ3) is 5.59. The maximum Gasteiger partial charge on any atom is 0.416 e. The number of benzene rings is 2. The van der Waals surface area contributed by atoms with Gasteiger partial charge in [-0.3, -0.25) is 9.52 Å². The summed E-state index contributed by atoms with van der Waals surface area (Å²) in [5.74, 6) is 0.0111. The molecule has 0 aromatic heterocycles. The van der Waals surface area contributed by atoms with E-state index in [9.17, 15) is 26.4 Å². The molecule has 0 heterocycles. The highest BCUT2D eigenvalue weighted by Gasteiger charge is 2.30. The third-order valence-corrected chi connectivity index (χ3v) is 6.15. The fourth-order valence-corrected chi connectivity index (χ4v) is 3.97. The highest BCUT2D eigenvalue weighted by atomic mass is 32.2. The third-order valence-electron chi connectivity index (χ3n) is 4.77. The van der Waals surface area contributed by atoms with Crippen LogP contribution in [0.25, 0.3) is 0 Å². The summed E-state index contributed by atoms with van der Waals surface area (Å²) in [6, 6.07) is 9.01. The number of hydrogen-bond acceptors (Lipinski definition) is 4. The molecular formula is C20H20F3N3O3S. The Labute approximate surface area is 172 Å². The van der Waals surface area contributed by atoms with E-state index in [1.807, 2.05) is 0 Å². The van der Waals surface area contributed by atoms with Crippen molar-refractivity contribution in [2.45, 2.75) is 36.8 Å². The smallest absolute Gasteiger partial charge is 0.280 e. The first-order valence-electron chi connectivity index (χ1n) is 9.27. The predicted molar refractivity (Wildman–Crippen MR) is 107 cm³/mol. The van der Waals surface area contributed by atoms with Crippen LogP contribution >= 0.6 is 0 Å². The average molecular weight is 439 g/mol. The first kappa shape index (κ1) is 21.8. The van der Waals surface area contributed by atoms with Crippen LogP contribution in [0.4, 0.5) is 18.9 Å². The normalized spacial score (nSPS) is 15.0. The Kier molecular flexibility index (Phi) is 6.45. The number of nitrogens with zero attached hydrogens (tertiary/aromatic N) is 1. The van der Waals surface area contributed by atoms with Gasteiger partial charge in [-0.25, -0.2) is 13.8 Å². The van der Waals surface area contributed by atoms with Crippen LogP contribution in [0, 0.1) is 5.92 Å². The molecule has 0 radical (unpaired) electrons. The lowest BCUT2D eigenvalue weighted by Crippen LogP contribution is -2.20. The van der Waals surface area contributed by atoms with E-state index in [-0.39, 0.29) is 16.1 Å². The molecule has 160 valence electrons. The molecule has 3 rings (SSSR count). The monoisotopic (exact) mass is 439 g/mol. The summed E-state index contributed by atoms with van der Waals surface area (Å²) >= 11 is 0. The van der Waals surface area contributed by atoms with Gasteiger partial charge in [0.2, 0.25) is 0 Å². The SMILES string of the molecule is O=C(N/N=C/CC1CCC1)c1cccc(S(=O)(=O)Nc2cccc(C(F)(F)F)c2)c1. The van der Waals surface area contributed by atoms with E-state index in [2.05, 4.69) is 15.2 Å². The second-order valence-electron chi connectivity index (χ2n) is 7.00. The molecule has 2 N–H and O–H groups in total. The van der Waals surface area contributed by atoms with Crippen LogP contribution < -0.4 is 10.1 Å². The summed E-state index contributed by atoms with van der Waals surface area (Å²) in [6.07, 6.45) is 1.31. The van der Waals surface area contributed by atoms with Crippen molar-refractivity contribution in [2.75, 3.05) is 4.72 Å². The van der Waals surface area contributed by atoms with Crippen molar-refractivity contribution in [3.8, 4) is 0 Å². The number of sulfonamides is 1. The summed E-state index contributed by atoms with van der Waals surface area (Å²) in [5, 5.41) is 3.87. The van der Waals surface area contributed by atoms with Gasteiger partial charge in [-0.1, -0.05) is 31.4 Å². The lowest BCUT2D eigenvalue weighted by Gasteiger charge is -2.22. The van der Waals surface area contributed by atoms with Gasteiger partial charge in [-0.2, -0.15) is 18.3 Å². The summed E-state index contributed by atoms with van der Waals surface area (Å²) in [7, 11) is -4.20. The minimum Gasteiger partial charge on any atom is -0.280 e. The number of amides is 1. The zero-order valence-electron chi connectivity index (χ0n) is 15.8. The van der Waals surface area contributed by atoms with Crippen LogP contribution in [0.5, 0.6) is 0 Å². The topological polar surface area (TPSA) is 87.6 Å². The van der Waals surface area contributed by atoms with Crippen molar-refractivity contribution < 1.29 is 26.4 Å². The van der Waals surface area contributed by atoms with Gasteiger partial charge >= 0.3 is 6.18 Å². The molecule has 1 amide bonds. The van der Waals surface area contributed by atoms with Crippen LogP contribution in [0.3, 0.4) is 0 Å². The maximum absolute atomic E-state index is 12.8. The quantitative estimate of drug-likeness (QED) is 0.495. The van der Waals surface area contributed by atoms with Crippen molar-refractivity contribution in [1.82, 2.24) is 5.43 Å². The molecular weight excluding hydrogens is 419 g/mol. The average Bonchev–Trinajstić information content (AvgIpc) is 2.65. The molecule has 1 fully saturated rings. The minimum absolute atomic E-state index is 0.0581. The zero-order chi connectivity index (χ0) is 21.8. The van der Waals surface area contributed by atoms with E-state index in [0.717, 1.165) is 37.5 Å². The number of nitrogens with one attached hydrogen (secondary N) is 2. The first-order chi connectivity index (χ1) is 14.1. The van der Waals surface area contributed by atoms with Gasteiger partial charge in [0.25, 0.3) is 15.9 Å². The number of carbonyl (C=O) groups is 1. The van der Waals surface area contributed by atoms with Crippen LogP contribution in [-0.4, -0.2) is 20.5 Å². The van der Waals surface area contributed by atoms with Crippen LogP contribution in [0.15, 0.2) is 58.5 Å². The summed E-state index contributed by atoms with van der Waals surface area (Å²) in [5.41, 5.74) is 1.19. The van der Waals surface area contributed by atoms with Gasteiger partial charge in [0.05, 0.1) is 10.5 Å². The largest absolute Gasteiger partial charge is 0.416 e. The van der Waals surface area contributed by atoms with Crippen molar-refractivity contribution in [3.63, 3.8) is 0 Å². The van der Waals surface area contributed by atoms with Crippen molar-refractivity contribution in [1.29, 1.82) is 0 Å². The Morgan fingerprint density at radius 1 is 1.13 bits per heavy atom. The fraction of sp³-hybridized carbons (Fsp3) is 0.300. The number of alkyl halides is 3. The molecule has 1 aliphatic carbocycles. The van der Waals surface area contributed by atoms with Gasteiger partial charge in [-0.05, 0) is 48.7 Å². The van der Waals surface area contributed by atoms with Crippen LogP contribution in [-0.2, 0) is 16.2 Å². The molecule has 10 heteroatoms. The first-order valence-corrected chi connectivity index (χ1v) is 10.8. The molecule has 6 nitrogen and oxygen atoms in total. The molecule has 2 aromatic rings. The summed E-state index contributed by atoms with van der Waals surface area (Å²) < 4.78 is 65.7. The lowest BCUT2D eigenvalue weighted by molar-refractivity contribution is -0.137. The number of rotatable bonds is 7. The van der Waals surface area contributed by atoms with Gasteiger partial charge < -0.3 is 0 Å². The van der Waals surface area contributed by atoms with Gasteiger partial charge in [0.15, 0.2) is 0 Å². The van der Waals surface area contributed by atoms with E-state index < -0.39 is 27.7 Å². The Morgan fingerprint density at radius 3 is 2.53 bits per heavy atom. The maximum atomic E-state index is 12.8. The number of carbonyl (C=O) groups excluding carboxylic acids is 1. The Morgan fingerprint density at radius 2 is 1.87 bits per heavy atom. The Bertz CT molecular complexity index is 1050. The molecule has 1 saturated carbocycles. The number of halogens is 3. The molecule has 0 saturated heterocycles. The Balaban J connectivity index is 1.70. The van der Waals surface area contributed by atoms with Gasteiger partial charge in [0, 0.05) is 17.5 Å². The highest BCUT2D eigenvalue weighted by molar-refractivity contribution is 7.92. The lowest BCUT2D eigenvalue weighted by atomic mass is 9.83. The highest BCUT2D eigenvalue weighted by Crippen LogP contribution is 2.31. The molecule has 1 aliphatic rings. The number of hydrogen-bond donors (Lipinski definition) is 2. The van der Waals surface area contributed by atoms with E-state index in [4.69, 9.17) is 0 Å². The predicted octanol–water partition coefficient (Wildman–Crippen LogP) is 4.41. The summed E-state index contributed by atoms with van der Waals surface area (Å²) in [4.78, 5) is 11.9. The van der Waals surface area contributed by atoms with Gasteiger partial charge in [-0.15, -0.1) is 0 Å². The summed E-state index contributed by atoms with van der Waals surface area (Å²) in [6.45, 7) is 0. The van der Waals surface area contributed by atoms with Gasteiger partial charge in [0.1, 0.15) is 0 Å². The molecule has 0 atom stereocenters. The van der Waals surface area contributed by atoms with Crippen LogP contribution in [0.2, 0.25) is 0 Å². The van der Waals surface area contributed by atoms with Crippen molar-refractivity contribution >= 4 is 27.8 Å². The molecule has 0 spiro atoms. The second kappa shape index (κ2) is 8.86. The molecule has 0 unspecified atom stereocenters. The van der Waals surface area contributed by atoms with E-state index in [0.29, 0.717) is 12.0 Å². The molecule has 2 aromatic carbocycles. The van der Waals surface area contributed by atoms with E-state index in [1.165, 1.54) is 30.7 Å². The zero-order valence-corrected chi connectivity index (χ0v) is 16.6. The molecule has 0 bridgehead atoms. The number of anilines is 1. The number of hydrazone groups is 1.